The summed E-state index contributed by atoms with van der Waals surface area (Å²) in [5, 5.41) is 6.84. The van der Waals surface area contributed by atoms with E-state index in [-0.39, 0.29) is 11.8 Å². The van der Waals surface area contributed by atoms with E-state index in [0.29, 0.717) is 30.8 Å². The van der Waals surface area contributed by atoms with Gasteiger partial charge in [0.15, 0.2) is 0 Å². The molecule has 1 N–H and O–H groups in total. The van der Waals surface area contributed by atoms with E-state index >= 15 is 0 Å². The van der Waals surface area contributed by atoms with Gasteiger partial charge in [0.25, 0.3) is 5.91 Å². The lowest BCUT2D eigenvalue weighted by atomic mass is 10.00. The molecule has 0 radical (unpaired) electrons. The predicted molar refractivity (Wildman–Crippen MR) is 92.9 cm³/mol. The Labute approximate surface area is 147 Å². The van der Waals surface area contributed by atoms with Crippen LogP contribution in [0.15, 0.2) is 34.9 Å². The largest absolute Gasteiger partial charge is 0.361 e. The first-order valence-electron chi connectivity index (χ1n) is 8.63. The van der Waals surface area contributed by atoms with Crippen molar-refractivity contribution in [3.8, 4) is 0 Å². The quantitative estimate of drug-likeness (QED) is 0.927. The molecule has 6 heteroatoms. The molecule has 1 aliphatic rings. The number of aromatic nitrogens is 1. The van der Waals surface area contributed by atoms with Gasteiger partial charge in [-0.2, -0.15) is 0 Å². The summed E-state index contributed by atoms with van der Waals surface area (Å²) >= 11 is 0. The number of nitrogens with zero attached hydrogens (tertiary/aromatic N) is 2. The fourth-order valence-electron chi connectivity index (χ4n) is 3.24. The van der Waals surface area contributed by atoms with Crippen molar-refractivity contribution in [1.82, 2.24) is 15.4 Å². The minimum Gasteiger partial charge on any atom is -0.361 e. The predicted octanol–water partition coefficient (Wildman–Crippen LogP) is 2.60. The summed E-state index contributed by atoms with van der Waals surface area (Å²) < 4.78 is 5.12. The summed E-state index contributed by atoms with van der Waals surface area (Å²) in [6.07, 6.45) is 2.56. The molecule has 2 aromatic rings. The lowest BCUT2D eigenvalue weighted by Crippen LogP contribution is -2.51. The minimum atomic E-state index is -0.429. The zero-order chi connectivity index (χ0) is 17.8. The summed E-state index contributed by atoms with van der Waals surface area (Å²) in [7, 11) is 0. The van der Waals surface area contributed by atoms with E-state index in [4.69, 9.17) is 4.52 Å². The number of carbonyl (C=O) groups excluding carboxylic acids is 2. The van der Waals surface area contributed by atoms with Gasteiger partial charge in [-0.25, -0.2) is 0 Å². The van der Waals surface area contributed by atoms with Crippen LogP contribution in [0.3, 0.4) is 0 Å². The molecule has 1 fully saturated rings. The molecular weight excluding hydrogens is 318 g/mol. The highest BCUT2D eigenvalue weighted by molar-refractivity contribution is 5.97. The topological polar surface area (TPSA) is 75.4 Å². The van der Waals surface area contributed by atoms with Crippen molar-refractivity contribution in [2.24, 2.45) is 0 Å². The van der Waals surface area contributed by atoms with Crippen molar-refractivity contribution in [1.29, 1.82) is 0 Å². The summed E-state index contributed by atoms with van der Waals surface area (Å²) in [5.74, 6) is 0.500. The Morgan fingerprint density at radius 3 is 2.68 bits per heavy atom. The number of nitrogens with one attached hydrogen (secondary N) is 1. The maximum atomic E-state index is 12.8. The third kappa shape index (κ3) is 3.73. The number of benzene rings is 1. The summed E-state index contributed by atoms with van der Waals surface area (Å²) in [5.41, 5.74) is 2.29. The van der Waals surface area contributed by atoms with Gasteiger partial charge in [0, 0.05) is 24.2 Å². The zero-order valence-corrected chi connectivity index (χ0v) is 14.6. The highest BCUT2D eigenvalue weighted by Gasteiger charge is 2.32. The Hall–Kier alpha value is -2.63. The molecule has 0 saturated carbocycles. The fraction of sp³-hybridized carbons (Fsp3) is 0.421. The Morgan fingerprint density at radius 2 is 2.00 bits per heavy atom. The maximum absolute atomic E-state index is 12.8. The number of piperidine rings is 1. The van der Waals surface area contributed by atoms with Crippen LogP contribution in [0.1, 0.15) is 46.6 Å². The van der Waals surface area contributed by atoms with Gasteiger partial charge < -0.3 is 14.7 Å². The molecule has 0 spiro atoms. The molecule has 1 aromatic carbocycles. The molecular formula is C19H23N3O3. The van der Waals surface area contributed by atoms with Gasteiger partial charge in [0.05, 0.1) is 5.69 Å². The van der Waals surface area contributed by atoms with E-state index < -0.39 is 6.04 Å². The van der Waals surface area contributed by atoms with E-state index in [1.807, 2.05) is 32.0 Å². The van der Waals surface area contributed by atoms with Gasteiger partial charge in [-0.3, -0.25) is 9.59 Å². The summed E-state index contributed by atoms with van der Waals surface area (Å²) in [4.78, 5) is 27.2. The van der Waals surface area contributed by atoms with Crippen molar-refractivity contribution in [2.75, 3.05) is 6.54 Å². The van der Waals surface area contributed by atoms with Crippen LogP contribution in [0.5, 0.6) is 0 Å². The number of carbonyl (C=O) groups is 2. The molecule has 3 rings (SSSR count). The van der Waals surface area contributed by atoms with Crippen molar-refractivity contribution < 1.29 is 14.1 Å². The van der Waals surface area contributed by atoms with Crippen molar-refractivity contribution in [3.63, 3.8) is 0 Å². The monoisotopic (exact) mass is 341 g/mol. The molecule has 6 nitrogen and oxygen atoms in total. The molecule has 1 aliphatic heterocycles. The molecule has 25 heavy (non-hydrogen) atoms. The normalized spacial score (nSPS) is 17.4. The Bertz CT molecular complexity index is 735. The lowest BCUT2D eigenvalue weighted by Gasteiger charge is -2.34. The first kappa shape index (κ1) is 17.2. The van der Waals surface area contributed by atoms with Gasteiger partial charge in [-0.05, 0) is 45.2 Å². The molecule has 0 bridgehead atoms. The van der Waals surface area contributed by atoms with Gasteiger partial charge in [0.2, 0.25) is 5.91 Å². The highest BCUT2D eigenvalue weighted by atomic mass is 16.5. The average Bonchev–Trinajstić information content (AvgIpc) is 2.97. The summed E-state index contributed by atoms with van der Waals surface area (Å²) in [6.45, 7) is 4.65. The van der Waals surface area contributed by atoms with E-state index in [1.165, 1.54) is 0 Å². The molecule has 2 amide bonds. The summed E-state index contributed by atoms with van der Waals surface area (Å²) in [6, 6.07) is 8.70. The van der Waals surface area contributed by atoms with E-state index in [9.17, 15) is 9.59 Å². The standard InChI is InChI=1S/C19H23N3O3/c1-13-16(14(2)25-21-13)12-20-18(23)17-10-6-7-11-22(17)19(24)15-8-4-3-5-9-15/h3-5,8-9,17H,6-7,10-12H2,1-2H3,(H,20,23). The number of aryl methyl sites for hydroxylation is 2. The molecule has 1 aromatic heterocycles. The average molecular weight is 341 g/mol. The van der Waals surface area contributed by atoms with Crippen LogP contribution in [-0.2, 0) is 11.3 Å². The van der Waals surface area contributed by atoms with Crippen LogP contribution >= 0.6 is 0 Å². The third-order valence-corrected chi connectivity index (χ3v) is 4.71. The SMILES string of the molecule is Cc1noc(C)c1CNC(=O)C1CCCCN1C(=O)c1ccccc1. The number of hydrogen-bond acceptors (Lipinski definition) is 4. The molecule has 1 atom stereocenters. The highest BCUT2D eigenvalue weighted by Crippen LogP contribution is 2.20. The second-order valence-corrected chi connectivity index (χ2v) is 6.40. The van der Waals surface area contributed by atoms with Gasteiger partial charge >= 0.3 is 0 Å². The van der Waals surface area contributed by atoms with Crippen LogP contribution in [0.25, 0.3) is 0 Å². The lowest BCUT2D eigenvalue weighted by molar-refractivity contribution is -0.126. The van der Waals surface area contributed by atoms with E-state index in [2.05, 4.69) is 10.5 Å². The van der Waals surface area contributed by atoms with Crippen LogP contribution in [0.4, 0.5) is 0 Å². The van der Waals surface area contributed by atoms with Gasteiger partial charge in [-0.15, -0.1) is 0 Å². The second kappa shape index (κ2) is 7.51. The number of likely N-dealkylation sites (tertiary alicyclic amines) is 1. The fourth-order valence-corrected chi connectivity index (χ4v) is 3.24. The van der Waals surface area contributed by atoms with Gasteiger partial charge in [-0.1, -0.05) is 23.4 Å². The van der Waals surface area contributed by atoms with E-state index in [1.54, 1.807) is 17.0 Å². The smallest absolute Gasteiger partial charge is 0.254 e. The van der Waals surface area contributed by atoms with Crippen molar-refractivity contribution in [2.45, 2.75) is 45.7 Å². The van der Waals surface area contributed by atoms with Crippen LogP contribution in [-0.4, -0.2) is 34.5 Å². The number of rotatable bonds is 4. The minimum absolute atomic E-state index is 0.0854. The molecule has 2 heterocycles. The second-order valence-electron chi connectivity index (χ2n) is 6.40. The number of amides is 2. The van der Waals surface area contributed by atoms with Crippen molar-refractivity contribution in [3.05, 3.63) is 52.9 Å². The molecule has 0 aliphatic carbocycles. The maximum Gasteiger partial charge on any atom is 0.254 e. The molecule has 1 saturated heterocycles. The van der Waals surface area contributed by atoms with Crippen molar-refractivity contribution >= 4 is 11.8 Å². The Balaban J connectivity index is 1.70. The zero-order valence-electron chi connectivity index (χ0n) is 14.6. The Morgan fingerprint density at radius 1 is 1.24 bits per heavy atom. The molecule has 1 unspecified atom stereocenters. The van der Waals surface area contributed by atoms with Crippen LogP contribution < -0.4 is 5.32 Å². The first-order chi connectivity index (χ1) is 12.1. The Kier molecular flexibility index (Phi) is 5.16. The number of hydrogen-bond donors (Lipinski definition) is 1. The van der Waals surface area contributed by atoms with Crippen LogP contribution in [0, 0.1) is 13.8 Å². The van der Waals surface area contributed by atoms with E-state index in [0.717, 1.165) is 24.1 Å². The molecule has 132 valence electrons. The van der Waals surface area contributed by atoms with Crippen LogP contribution in [0.2, 0.25) is 0 Å². The first-order valence-corrected chi connectivity index (χ1v) is 8.63. The van der Waals surface area contributed by atoms with Gasteiger partial charge in [0.1, 0.15) is 11.8 Å². The third-order valence-electron chi connectivity index (χ3n) is 4.71.